The molecule has 8 nitrogen and oxygen atoms in total. The zero-order valence-corrected chi connectivity index (χ0v) is 13.2. The molecule has 2 N–H and O–H groups in total. The van der Waals surface area contributed by atoms with Crippen LogP contribution in [0.4, 0.5) is 4.39 Å². The minimum absolute atomic E-state index is 0.0849. The summed E-state index contributed by atoms with van der Waals surface area (Å²) in [6, 6.07) is 2.29. The van der Waals surface area contributed by atoms with Crippen LogP contribution in [0.2, 0.25) is 0 Å². The zero-order chi connectivity index (χ0) is 18.0. The number of fused-ring (bicyclic) bond motifs is 1. The van der Waals surface area contributed by atoms with Gasteiger partial charge in [-0.2, -0.15) is 0 Å². The van der Waals surface area contributed by atoms with E-state index in [2.05, 4.69) is 5.32 Å². The van der Waals surface area contributed by atoms with Gasteiger partial charge in [0.25, 0.3) is 5.91 Å². The number of hydrogen-bond acceptors (Lipinski definition) is 5. The van der Waals surface area contributed by atoms with Crippen molar-refractivity contribution in [2.24, 2.45) is 0 Å². The average Bonchev–Trinajstić information content (AvgIpc) is 3.26. The molecule has 2 amide bonds. The van der Waals surface area contributed by atoms with Crippen LogP contribution in [0.15, 0.2) is 18.2 Å². The number of likely N-dealkylation sites (tertiary alicyclic amines) is 1. The second-order valence-corrected chi connectivity index (χ2v) is 5.78. The van der Waals surface area contributed by atoms with E-state index in [1.54, 1.807) is 18.2 Å². The van der Waals surface area contributed by atoms with E-state index in [9.17, 15) is 18.8 Å². The summed E-state index contributed by atoms with van der Waals surface area (Å²) in [5.41, 5.74) is 0.337. The van der Waals surface area contributed by atoms with E-state index in [-0.39, 0.29) is 12.7 Å². The predicted octanol–water partition coefficient (Wildman–Crippen LogP) is 0.559. The fourth-order valence-electron chi connectivity index (χ4n) is 2.91. The quantitative estimate of drug-likeness (QED) is 0.802. The Labute approximate surface area is 142 Å². The maximum Gasteiger partial charge on any atom is 0.328 e. The molecule has 1 saturated heterocycles. The number of aliphatic carboxylic acids is 1. The molecule has 0 saturated carbocycles. The van der Waals surface area contributed by atoms with E-state index < -0.39 is 30.6 Å². The third kappa shape index (κ3) is 3.35. The molecular weight excluding hydrogens is 335 g/mol. The first-order valence-corrected chi connectivity index (χ1v) is 7.81. The number of nitrogens with zero attached hydrogens (tertiary/aromatic N) is 1. The summed E-state index contributed by atoms with van der Waals surface area (Å²) in [6.45, 7) is -0.774. The van der Waals surface area contributed by atoms with Gasteiger partial charge in [-0.05, 0) is 31.0 Å². The minimum Gasteiger partial charge on any atom is -0.480 e. The van der Waals surface area contributed by atoms with Gasteiger partial charge in [-0.15, -0.1) is 0 Å². The van der Waals surface area contributed by atoms with Crippen molar-refractivity contribution in [3.05, 3.63) is 23.8 Å². The van der Waals surface area contributed by atoms with E-state index in [4.69, 9.17) is 14.6 Å². The molecule has 25 heavy (non-hydrogen) atoms. The van der Waals surface area contributed by atoms with Crippen LogP contribution in [0.3, 0.4) is 0 Å². The molecule has 0 aliphatic carbocycles. The molecule has 9 heteroatoms. The van der Waals surface area contributed by atoms with Gasteiger partial charge < -0.3 is 24.8 Å². The summed E-state index contributed by atoms with van der Waals surface area (Å²) in [6.07, 6.45) is 0.989. The van der Waals surface area contributed by atoms with Crippen LogP contribution in [0.5, 0.6) is 11.5 Å². The number of hydrogen-bond donors (Lipinski definition) is 2. The first-order valence-electron chi connectivity index (χ1n) is 7.81. The van der Waals surface area contributed by atoms with Crippen LogP contribution in [-0.4, -0.2) is 59.9 Å². The zero-order valence-electron chi connectivity index (χ0n) is 13.2. The monoisotopic (exact) mass is 352 g/mol. The maximum absolute atomic E-state index is 12.7. The maximum atomic E-state index is 12.7. The number of carbonyl (C=O) groups is 3. The second-order valence-electron chi connectivity index (χ2n) is 5.78. The SMILES string of the molecule is O=C(O)C(CF)NC(=O)C1CCCN1C(=O)c1ccc2c(c1)OCO2. The molecule has 1 fully saturated rings. The number of rotatable bonds is 5. The Hall–Kier alpha value is -2.84. The molecule has 2 heterocycles. The first kappa shape index (κ1) is 17.0. The Morgan fingerprint density at radius 1 is 1.32 bits per heavy atom. The first-order chi connectivity index (χ1) is 12.0. The second kappa shape index (κ2) is 6.96. The smallest absolute Gasteiger partial charge is 0.328 e. The number of benzene rings is 1. The number of carboxylic acid groups (broad SMARTS) is 1. The van der Waals surface area contributed by atoms with Gasteiger partial charge in [0, 0.05) is 12.1 Å². The topological polar surface area (TPSA) is 105 Å². The molecule has 134 valence electrons. The standard InChI is InChI=1S/C16H17FN2O6/c17-7-10(16(22)23)18-14(20)11-2-1-5-19(11)15(21)9-3-4-12-13(6-9)25-8-24-12/h3-4,6,10-11H,1-2,5,7-8H2,(H,18,20)(H,22,23). The fraction of sp³-hybridized carbons (Fsp3) is 0.438. The average molecular weight is 352 g/mol. The number of ether oxygens (including phenoxy) is 2. The third-order valence-corrected chi connectivity index (χ3v) is 4.20. The molecule has 0 bridgehead atoms. The van der Waals surface area contributed by atoms with Crippen LogP contribution in [0, 0.1) is 0 Å². The summed E-state index contributed by atoms with van der Waals surface area (Å²) < 4.78 is 23.1. The van der Waals surface area contributed by atoms with E-state index in [1.165, 1.54) is 4.90 Å². The lowest BCUT2D eigenvalue weighted by Gasteiger charge is -2.25. The van der Waals surface area contributed by atoms with Gasteiger partial charge in [-0.25, -0.2) is 9.18 Å². The van der Waals surface area contributed by atoms with Crippen LogP contribution in [-0.2, 0) is 9.59 Å². The molecule has 1 aromatic rings. The largest absolute Gasteiger partial charge is 0.480 e. The van der Waals surface area contributed by atoms with E-state index >= 15 is 0 Å². The van der Waals surface area contributed by atoms with Crippen molar-refractivity contribution in [1.29, 1.82) is 0 Å². The van der Waals surface area contributed by atoms with Gasteiger partial charge in [0.2, 0.25) is 12.7 Å². The van der Waals surface area contributed by atoms with Crippen molar-refractivity contribution in [1.82, 2.24) is 10.2 Å². The van der Waals surface area contributed by atoms with Crippen molar-refractivity contribution >= 4 is 17.8 Å². The third-order valence-electron chi connectivity index (χ3n) is 4.20. The number of alkyl halides is 1. The fourth-order valence-corrected chi connectivity index (χ4v) is 2.91. The highest BCUT2D eigenvalue weighted by Gasteiger charge is 2.36. The van der Waals surface area contributed by atoms with E-state index in [0.29, 0.717) is 36.4 Å². The van der Waals surface area contributed by atoms with Gasteiger partial charge >= 0.3 is 5.97 Å². The van der Waals surface area contributed by atoms with Crippen molar-refractivity contribution in [3.63, 3.8) is 0 Å². The molecule has 2 aliphatic heterocycles. The lowest BCUT2D eigenvalue weighted by Crippen LogP contribution is -2.51. The molecule has 0 spiro atoms. The molecule has 0 aromatic heterocycles. The highest BCUT2D eigenvalue weighted by atomic mass is 19.1. The highest BCUT2D eigenvalue weighted by Crippen LogP contribution is 2.33. The molecule has 3 rings (SSSR count). The van der Waals surface area contributed by atoms with Gasteiger partial charge in [0.1, 0.15) is 12.7 Å². The molecule has 2 atom stereocenters. The van der Waals surface area contributed by atoms with Crippen molar-refractivity contribution < 1.29 is 33.4 Å². The predicted molar refractivity (Wildman–Crippen MR) is 82.2 cm³/mol. The number of halogens is 1. The van der Waals surface area contributed by atoms with Crippen molar-refractivity contribution in [2.75, 3.05) is 20.0 Å². The Morgan fingerprint density at radius 2 is 2.08 bits per heavy atom. The summed E-state index contributed by atoms with van der Waals surface area (Å²) in [7, 11) is 0. The van der Waals surface area contributed by atoms with Crippen molar-refractivity contribution in [2.45, 2.75) is 24.9 Å². The van der Waals surface area contributed by atoms with Crippen LogP contribution in [0.1, 0.15) is 23.2 Å². The van der Waals surface area contributed by atoms with Gasteiger partial charge in [-0.1, -0.05) is 0 Å². The lowest BCUT2D eigenvalue weighted by atomic mass is 10.1. The van der Waals surface area contributed by atoms with Gasteiger partial charge in [-0.3, -0.25) is 9.59 Å². The molecule has 0 radical (unpaired) electrons. The summed E-state index contributed by atoms with van der Waals surface area (Å²) in [4.78, 5) is 37.2. The molecule has 2 aliphatic rings. The van der Waals surface area contributed by atoms with Crippen LogP contribution < -0.4 is 14.8 Å². The minimum atomic E-state index is -1.62. The molecular formula is C16H17FN2O6. The highest BCUT2D eigenvalue weighted by molar-refractivity contribution is 5.99. The summed E-state index contributed by atoms with van der Waals surface area (Å²) in [5, 5.41) is 11.0. The Bertz CT molecular complexity index is 710. The Balaban J connectivity index is 1.73. The number of nitrogens with one attached hydrogen (secondary N) is 1. The molecule has 1 aromatic carbocycles. The normalized spacial score (nSPS) is 19.6. The van der Waals surface area contributed by atoms with Crippen molar-refractivity contribution in [3.8, 4) is 11.5 Å². The van der Waals surface area contributed by atoms with Gasteiger partial charge in [0.05, 0.1) is 0 Å². The van der Waals surface area contributed by atoms with E-state index in [0.717, 1.165) is 0 Å². The Kier molecular flexibility index (Phi) is 4.73. The lowest BCUT2D eigenvalue weighted by molar-refractivity contribution is -0.142. The van der Waals surface area contributed by atoms with E-state index in [1.807, 2.05) is 0 Å². The number of carboxylic acids is 1. The molecule has 2 unspecified atom stereocenters. The van der Waals surface area contributed by atoms with Crippen LogP contribution in [0.25, 0.3) is 0 Å². The Morgan fingerprint density at radius 3 is 2.80 bits per heavy atom. The number of amides is 2. The summed E-state index contributed by atoms with van der Waals surface area (Å²) >= 11 is 0. The van der Waals surface area contributed by atoms with Crippen LogP contribution >= 0.6 is 0 Å². The van der Waals surface area contributed by atoms with Gasteiger partial charge in [0.15, 0.2) is 17.5 Å². The number of carbonyl (C=O) groups excluding carboxylic acids is 2. The summed E-state index contributed by atoms with van der Waals surface area (Å²) in [5.74, 6) is -1.50.